The molecule has 4 fully saturated rings. The molecule has 3 N–H and O–H groups in total. The highest BCUT2D eigenvalue weighted by molar-refractivity contribution is 7.85. The predicted molar refractivity (Wildman–Crippen MR) is 135 cm³/mol. The Morgan fingerprint density at radius 2 is 1.69 bits per heavy atom. The fraction of sp³-hybridized carbons (Fsp3) is 0.963. The van der Waals surface area contributed by atoms with Gasteiger partial charge in [-0.25, -0.2) is 0 Å². The van der Waals surface area contributed by atoms with E-state index in [-0.39, 0.29) is 35.5 Å². The van der Waals surface area contributed by atoms with Gasteiger partial charge in [-0.2, -0.15) is 8.42 Å². The molecule has 0 spiro atoms. The van der Waals surface area contributed by atoms with Crippen molar-refractivity contribution in [3.8, 4) is 0 Å². The largest absolute Gasteiger partial charge is 0.393 e. The third-order valence-electron chi connectivity index (χ3n) is 11.3. The second-order valence-corrected chi connectivity index (χ2v) is 14.6. The number of hydrogen-bond acceptors (Lipinski definition) is 5. The van der Waals surface area contributed by atoms with Crippen LogP contribution in [0.5, 0.6) is 0 Å². The third kappa shape index (κ3) is 5.19. The average molecular weight is 514 g/mol. The molecule has 7 nitrogen and oxygen atoms in total. The van der Waals surface area contributed by atoms with Gasteiger partial charge in [-0.05, 0) is 104 Å². The number of rotatable bonds is 7. The van der Waals surface area contributed by atoms with Crippen LogP contribution in [0.2, 0.25) is 0 Å². The van der Waals surface area contributed by atoms with Crippen molar-refractivity contribution in [1.29, 1.82) is 0 Å². The molecule has 202 valence electrons. The molecule has 0 radical (unpaired) electrons. The van der Waals surface area contributed by atoms with Crippen LogP contribution in [0.15, 0.2) is 0 Å². The van der Waals surface area contributed by atoms with Crippen molar-refractivity contribution in [2.45, 2.75) is 97.2 Å². The lowest BCUT2D eigenvalue weighted by Gasteiger charge is -2.62. The molecule has 4 aliphatic carbocycles. The molecule has 35 heavy (non-hydrogen) atoms. The normalized spacial score (nSPS) is 44.1. The second kappa shape index (κ2) is 9.88. The average Bonchev–Trinajstić information content (AvgIpc) is 3.13. The molecule has 0 aromatic carbocycles. The summed E-state index contributed by atoms with van der Waals surface area (Å²) in [5.74, 6) is 2.21. The smallest absolute Gasteiger partial charge is 0.266 e. The first-order chi connectivity index (χ1) is 16.3. The van der Waals surface area contributed by atoms with E-state index in [1.807, 2.05) is 0 Å². The van der Waals surface area contributed by atoms with Crippen LogP contribution < -0.4 is 0 Å². The molecule has 10 atom stereocenters. The minimum atomic E-state index is -4.07. The van der Waals surface area contributed by atoms with Crippen LogP contribution in [0.3, 0.4) is 0 Å². The predicted octanol–water partition coefficient (Wildman–Crippen LogP) is 3.74. The van der Waals surface area contributed by atoms with Gasteiger partial charge in [0.25, 0.3) is 10.1 Å². The molecule has 4 aliphatic rings. The number of nitrogens with zero attached hydrogens (tertiary/aromatic N) is 1. The highest BCUT2D eigenvalue weighted by Crippen LogP contribution is 2.68. The summed E-state index contributed by atoms with van der Waals surface area (Å²) in [6, 6.07) is 0. The Hall–Kier alpha value is -0.700. The molecule has 8 heteroatoms. The van der Waals surface area contributed by atoms with Gasteiger partial charge in [0, 0.05) is 20.0 Å². The first kappa shape index (κ1) is 27.3. The zero-order valence-corrected chi connectivity index (χ0v) is 22.8. The van der Waals surface area contributed by atoms with Crippen molar-refractivity contribution in [3.05, 3.63) is 0 Å². The van der Waals surface area contributed by atoms with E-state index in [9.17, 15) is 23.4 Å². The lowest BCUT2D eigenvalue weighted by atomic mass is 9.43. The SMILES string of the molecule is C[C@H](CCC(=O)N(C)CCS(=O)(=O)O)[C@H]1CC[C@H]2[C@@H]3[C@@H](O)C[C@@H]4C[C@H](O)CC[C@]4(C)[C@H]3CC[C@]12C. The first-order valence-corrected chi connectivity index (χ1v) is 15.4. The molecule has 0 saturated heterocycles. The van der Waals surface area contributed by atoms with Gasteiger partial charge in [-0.15, -0.1) is 0 Å². The van der Waals surface area contributed by atoms with Crippen LogP contribution in [0.1, 0.15) is 85.0 Å². The summed E-state index contributed by atoms with van der Waals surface area (Å²) in [5, 5.41) is 21.7. The van der Waals surface area contributed by atoms with E-state index in [1.54, 1.807) is 7.05 Å². The van der Waals surface area contributed by atoms with Gasteiger partial charge >= 0.3 is 0 Å². The molecular weight excluding hydrogens is 466 g/mol. The van der Waals surface area contributed by atoms with Crippen LogP contribution in [-0.4, -0.2) is 65.5 Å². The summed E-state index contributed by atoms with van der Waals surface area (Å²) in [6.45, 7) is 7.14. The summed E-state index contributed by atoms with van der Waals surface area (Å²) in [4.78, 5) is 14.0. The fourth-order valence-corrected chi connectivity index (χ4v) is 9.80. The van der Waals surface area contributed by atoms with Crippen LogP contribution >= 0.6 is 0 Å². The van der Waals surface area contributed by atoms with E-state index < -0.39 is 15.9 Å². The lowest BCUT2D eigenvalue weighted by molar-refractivity contribution is -0.174. The van der Waals surface area contributed by atoms with Gasteiger partial charge in [0.05, 0.1) is 18.0 Å². The van der Waals surface area contributed by atoms with E-state index in [0.29, 0.717) is 41.9 Å². The number of carbonyl (C=O) groups is 1. The summed E-state index contributed by atoms with van der Waals surface area (Å²) in [6.07, 6.45) is 8.91. The number of aliphatic hydroxyl groups excluding tert-OH is 2. The maximum absolute atomic E-state index is 12.6. The maximum Gasteiger partial charge on any atom is 0.266 e. The molecule has 0 unspecified atom stereocenters. The molecule has 4 rings (SSSR count). The van der Waals surface area contributed by atoms with E-state index in [2.05, 4.69) is 20.8 Å². The summed E-state index contributed by atoms with van der Waals surface area (Å²) < 4.78 is 30.9. The van der Waals surface area contributed by atoms with Gasteiger partial charge in [-0.3, -0.25) is 9.35 Å². The van der Waals surface area contributed by atoms with Crippen molar-refractivity contribution in [2.24, 2.45) is 46.3 Å². The minimum absolute atomic E-state index is 0.00696. The molecule has 1 amide bonds. The molecular formula is C27H47NO6S. The number of amides is 1. The van der Waals surface area contributed by atoms with Crippen molar-refractivity contribution in [1.82, 2.24) is 4.90 Å². The molecule has 0 aromatic rings. The van der Waals surface area contributed by atoms with Gasteiger partial charge < -0.3 is 15.1 Å². The lowest BCUT2D eigenvalue weighted by Crippen LogP contribution is -2.58. The highest BCUT2D eigenvalue weighted by atomic mass is 32.2. The Bertz CT molecular complexity index is 894. The molecule has 0 heterocycles. The number of hydrogen-bond donors (Lipinski definition) is 3. The highest BCUT2D eigenvalue weighted by Gasteiger charge is 2.62. The van der Waals surface area contributed by atoms with E-state index in [1.165, 1.54) is 11.3 Å². The maximum atomic E-state index is 12.6. The van der Waals surface area contributed by atoms with Crippen molar-refractivity contribution >= 4 is 16.0 Å². The van der Waals surface area contributed by atoms with Gasteiger partial charge in [0.15, 0.2) is 0 Å². The summed E-state index contributed by atoms with van der Waals surface area (Å²) in [5.41, 5.74) is 0.409. The summed E-state index contributed by atoms with van der Waals surface area (Å²) in [7, 11) is -2.48. The van der Waals surface area contributed by atoms with Gasteiger partial charge in [0.2, 0.25) is 5.91 Å². The van der Waals surface area contributed by atoms with Crippen molar-refractivity contribution in [3.63, 3.8) is 0 Å². The third-order valence-corrected chi connectivity index (χ3v) is 12.0. The van der Waals surface area contributed by atoms with Crippen LogP contribution in [0, 0.1) is 46.3 Å². The van der Waals surface area contributed by atoms with Crippen molar-refractivity contribution < 1.29 is 28.0 Å². The van der Waals surface area contributed by atoms with Crippen LogP contribution in [0.4, 0.5) is 0 Å². The van der Waals surface area contributed by atoms with Crippen molar-refractivity contribution in [2.75, 3.05) is 19.3 Å². The first-order valence-electron chi connectivity index (χ1n) is 13.8. The number of fused-ring (bicyclic) bond motifs is 5. The second-order valence-electron chi connectivity index (χ2n) is 13.1. The number of aliphatic hydroxyl groups is 2. The van der Waals surface area contributed by atoms with E-state index >= 15 is 0 Å². The molecule has 0 aliphatic heterocycles. The Labute approximate surface area is 211 Å². The minimum Gasteiger partial charge on any atom is -0.393 e. The zero-order chi connectivity index (χ0) is 25.8. The quantitative estimate of drug-likeness (QED) is 0.447. The van der Waals surface area contributed by atoms with E-state index in [0.717, 1.165) is 51.4 Å². The standard InChI is InChI=1S/C27H47NO6S/c1-17(5-8-24(31)28(4)13-14-35(32,33)34)20-6-7-21-25-22(10-12-27(20,21)3)26(2)11-9-19(29)15-18(26)16-23(25)30/h17-23,25,29-30H,5-16H2,1-4H3,(H,32,33,34)/t17-,18+,19-,20-,21+,22+,23+,25+,26+,27-/m1/s1. The van der Waals surface area contributed by atoms with Crippen LogP contribution in [0.25, 0.3) is 0 Å². The Balaban J connectivity index is 1.40. The Kier molecular flexibility index (Phi) is 7.72. The molecule has 0 aromatic heterocycles. The molecule has 4 saturated carbocycles. The Morgan fingerprint density at radius 3 is 2.37 bits per heavy atom. The van der Waals surface area contributed by atoms with Gasteiger partial charge in [0.1, 0.15) is 0 Å². The topological polar surface area (TPSA) is 115 Å². The summed E-state index contributed by atoms with van der Waals surface area (Å²) >= 11 is 0. The number of carbonyl (C=O) groups excluding carboxylic acids is 1. The fourth-order valence-electron chi connectivity index (χ4n) is 9.30. The molecule has 0 bridgehead atoms. The Morgan fingerprint density at radius 1 is 1.03 bits per heavy atom. The van der Waals surface area contributed by atoms with Crippen LogP contribution in [-0.2, 0) is 14.9 Å². The van der Waals surface area contributed by atoms with Gasteiger partial charge in [-0.1, -0.05) is 20.8 Å². The zero-order valence-electron chi connectivity index (χ0n) is 22.0. The van der Waals surface area contributed by atoms with E-state index in [4.69, 9.17) is 4.55 Å². The monoisotopic (exact) mass is 513 g/mol.